The molecule has 0 aromatic carbocycles. The van der Waals surface area contributed by atoms with E-state index in [4.69, 9.17) is 5.11 Å². The van der Waals surface area contributed by atoms with Crippen molar-refractivity contribution in [2.75, 3.05) is 0 Å². The lowest BCUT2D eigenvalue weighted by molar-refractivity contribution is -0.695. The summed E-state index contributed by atoms with van der Waals surface area (Å²) in [6, 6.07) is 9.55. The van der Waals surface area contributed by atoms with Crippen LogP contribution >= 0.6 is 0 Å². The Bertz CT molecular complexity index is 749. The third-order valence-corrected chi connectivity index (χ3v) is 3.05. The lowest BCUT2D eigenvalue weighted by Crippen LogP contribution is -2.33. The zero-order chi connectivity index (χ0) is 13.9. The number of carboxylic acids is 1. The maximum Gasteiger partial charge on any atom is 0.309 e. The van der Waals surface area contributed by atoms with Crippen molar-refractivity contribution in [3.05, 3.63) is 48.9 Å². The Labute approximate surface area is 114 Å². The van der Waals surface area contributed by atoms with Crippen LogP contribution in [0.4, 0.5) is 0 Å². The van der Waals surface area contributed by atoms with Crippen molar-refractivity contribution in [3.63, 3.8) is 0 Å². The second-order valence-corrected chi connectivity index (χ2v) is 4.42. The van der Waals surface area contributed by atoms with E-state index in [9.17, 15) is 4.79 Å². The highest BCUT2D eigenvalue weighted by Crippen LogP contribution is 2.16. The van der Waals surface area contributed by atoms with Gasteiger partial charge in [0.1, 0.15) is 6.42 Å². The highest BCUT2D eigenvalue weighted by atomic mass is 16.4. The Kier molecular flexibility index (Phi) is 3.12. The Hall–Kier alpha value is -2.76. The van der Waals surface area contributed by atoms with Gasteiger partial charge in [-0.3, -0.25) is 9.20 Å². The molecule has 0 unspecified atom stereocenters. The zero-order valence-electron chi connectivity index (χ0n) is 10.7. The minimum absolute atomic E-state index is 0.109. The first kappa shape index (κ1) is 12.3. The van der Waals surface area contributed by atoms with E-state index in [0.29, 0.717) is 6.54 Å². The summed E-state index contributed by atoms with van der Waals surface area (Å²) in [6.45, 7) is 0.455. The second kappa shape index (κ2) is 5.08. The van der Waals surface area contributed by atoms with Gasteiger partial charge in [-0.2, -0.15) is 0 Å². The van der Waals surface area contributed by atoms with Crippen LogP contribution < -0.4 is 4.57 Å². The molecule has 0 aliphatic carbocycles. The van der Waals surface area contributed by atoms with E-state index in [1.165, 1.54) is 0 Å². The molecule has 3 aromatic rings. The minimum Gasteiger partial charge on any atom is -0.481 e. The first-order chi connectivity index (χ1) is 9.74. The third kappa shape index (κ3) is 2.35. The molecule has 0 bridgehead atoms. The van der Waals surface area contributed by atoms with E-state index in [-0.39, 0.29) is 6.42 Å². The van der Waals surface area contributed by atoms with Gasteiger partial charge in [-0.15, -0.1) is 10.2 Å². The summed E-state index contributed by atoms with van der Waals surface area (Å²) in [6.07, 6.45) is 5.72. The summed E-state index contributed by atoms with van der Waals surface area (Å²) in [7, 11) is 0. The number of aryl methyl sites for hydroxylation is 1. The average molecular weight is 269 g/mol. The second-order valence-electron chi connectivity index (χ2n) is 4.42. The largest absolute Gasteiger partial charge is 0.481 e. The molecule has 3 aromatic heterocycles. The van der Waals surface area contributed by atoms with E-state index in [1.807, 2.05) is 57.9 Å². The molecule has 6 nitrogen and oxygen atoms in total. The van der Waals surface area contributed by atoms with E-state index < -0.39 is 5.97 Å². The minimum atomic E-state index is -0.801. The number of fused-ring (bicyclic) bond motifs is 1. The highest BCUT2D eigenvalue weighted by Gasteiger charge is 2.10. The normalized spacial score (nSPS) is 10.8. The molecule has 1 N–H and O–H groups in total. The van der Waals surface area contributed by atoms with Crippen LogP contribution in [-0.4, -0.2) is 25.7 Å². The molecule has 0 radical (unpaired) electrons. The van der Waals surface area contributed by atoms with Crippen LogP contribution in [0.25, 0.3) is 17.0 Å². The smallest absolute Gasteiger partial charge is 0.309 e. The van der Waals surface area contributed by atoms with Crippen molar-refractivity contribution in [2.45, 2.75) is 13.0 Å². The Balaban J connectivity index is 1.89. The fraction of sp³-hybridized carbons (Fsp3) is 0.143. The number of pyridine rings is 2. The summed E-state index contributed by atoms with van der Waals surface area (Å²) < 4.78 is 3.75. The third-order valence-electron chi connectivity index (χ3n) is 3.05. The molecule has 3 rings (SSSR count). The van der Waals surface area contributed by atoms with Crippen molar-refractivity contribution in [3.8, 4) is 11.4 Å². The number of nitrogens with zero attached hydrogens (tertiary/aromatic N) is 4. The number of hydrogen-bond acceptors (Lipinski definition) is 3. The zero-order valence-corrected chi connectivity index (χ0v) is 10.7. The summed E-state index contributed by atoms with van der Waals surface area (Å²) in [5.41, 5.74) is 1.74. The average Bonchev–Trinajstić information content (AvgIpc) is 2.89. The molecule has 0 spiro atoms. The Morgan fingerprint density at radius 1 is 1.20 bits per heavy atom. The van der Waals surface area contributed by atoms with E-state index >= 15 is 0 Å². The van der Waals surface area contributed by atoms with Crippen LogP contribution in [0.1, 0.15) is 6.42 Å². The Morgan fingerprint density at radius 2 is 2.00 bits per heavy atom. The molecule has 0 aliphatic rings. The van der Waals surface area contributed by atoms with Crippen LogP contribution in [-0.2, 0) is 11.3 Å². The van der Waals surface area contributed by atoms with Gasteiger partial charge < -0.3 is 5.11 Å². The molecule has 100 valence electrons. The molecule has 0 aliphatic heterocycles. The topological polar surface area (TPSA) is 71.4 Å². The molecule has 0 saturated carbocycles. The lowest BCUT2D eigenvalue weighted by Gasteiger charge is -1.99. The van der Waals surface area contributed by atoms with Crippen molar-refractivity contribution < 1.29 is 14.5 Å². The summed E-state index contributed by atoms with van der Waals surface area (Å²) >= 11 is 0. The van der Waals surface area contributed by atoms with Crippen LogP contribution in [0.5, 0.6) is 0 Å². The summed E-state index contributed by atoms with van der Waals surface area (Å²) in [5, 5.41) is 16.9. The van der Waals surface area contributed by atoms with E-state index in [0.717, 1.165) is 17.0 Å². The highest BCUT2D eigenvalue weighted by molar-refractivity contribution is 5.66. The van der Waals surface area contributed by atoms with Crippen molar-refractivity contribution in [1.82, 2.24) is 14.6 Å². The monoisotopic (exact) mass is 269 g/mol. The van der Waals surface area contributed by atoms with Crippen LogP contribution in [0.3, 0.4) is 0 Å². The quantitative estimate of drug-likeness (QED) is 0.721. The van der Waals surface area contributed by atoms with Gasteiger partial charge in [0.25, 0.3) is 0 Å². The van der Waals surface area contributed by atoms with Crippen molar-refractivity contribution >= 4 is 11.6 Å². The number of carboxylic acid groups (broad SMARTS) is 1. The fourth-order valence-electron chi connectivity index (χ4n) is 2.02. The molecule has 6 heteroatoms. The van der Waals surface area contributed by atoms with Crippen molar-refractivity contribution in [1.29, 1.82) is 0 Å². The molecule has 0 fully saturated rings. The van der Waals surface area contributed by atoms with E-state index in [1.54, 1.807) is 0 Å². The molecular weight excluding hydrogens is 256 g/mol. The van der Waals surface area contributed by atoms with Gasteiger partial charge in [-0.1, -0.05) is 6.07 Å². The van der Waals surface area contributed by atoms with Gasteiger partial charge in [-0.25, -0.2) is 4.57 Å². The number of carbonyl (C=O) groups is 1. The number of aromatic nitrogens is 4. The number of rotatable bonds is 4. The summed E-state index contributed by atoms with van der Waals surface area (Å²) in [4.78, 5) is 10.5. The van der Waals surface area contributed by atoms with Gasteiger partial charge in [-0.05, 0) is 12.1 Å². The van der Waals surface area contributed by atoms with Gasteiger partial charge in [0, 0.05) is 23.9 Å². The van der Waals surface area contributed by atoms with Crippen LogP contribution in [0, 0.1) is 0 Å². The standard InChI is InChI=1S/C14H12N4O2/c19-13(20)6-10-17-8-4-11(5-9-17)14-16-15-12-3-1-2-7-18(12)14/h1-5,7-9H,6,10H2/p+1. The van der Waals surface area contributed by atoms with Gasteiger partial charge in [0.05, 0.1) is 0 Å². The summed E-state index contributed by atoms with van der Waals surface area (Å²) in [5.74, 6) is -0.0315. The van der Waals surface area contributed by atoms with Crippen molar-refractivity contribution in [2.24, 2.45) is 0 Å². The fourth-order valence-corrected chi connectivity index (χ4v) is 2.02. The van der Waals surface area contributed by atoms with Gasteiger partial charge in [0.15, 0.2) is 30.4 Å². The SMILES string of the molecule is O=C(O)CC[n+]1ccc(-c2nnc3ccccn23)cc1. The predicted octanol–water partition coefficient (Wildman–Crippen LogP) is 1.16. The maximum absolute atomic E-state index is 10.5. The molecule has 0 saturated heterocycles. The number of hydrogen-bond donors (Lipinski definition) is 1. The first-order valence-corrected chi connectivity index (χ1v) is 6.25. The van der Waals surface area contributed by atoms with Gasteiger partial charge >= 0.3 is 5.97 Å². The van der Waals surface area contributed by atoms with Crippen LogP contribution in [0.2, 0.25) is 0 Å². The molecular formula is C14H13N4O2+. The maximum atomic E-state index is 10.5. The molecule has 0 amide bonds. The van der Waals surface area contributed by atoms with E-state index in [2.05, 4.69) is 10.2 Å². The van der Waals surface area contributed by atoms with Crippen LogP contribution in [0.15, 0.2) is 48.9 Å². The van der Waals surface area contributed by atoms with Gasteiger partial charge in [0.2, 0.25) is 0 Å². The lowest BCUT2D eigenvalue weighted by atomic mass is 10.2. The first-order valence-electron chi connectivity index (χ1n) is 6.25. The number of aliphatic carboxylic acids is 1. The predicted molar refractivity (Wildman–Crippen MR) is 70.9 cm³/mol. The molecule has 20 heavy (non-hydrogen) atoms. The Morgan fingerprint density at radius 3 is 2.75 bits per heavy atom. The molecule has 3 heterocycles. The molecule has 0 atom stereocenters.